The van der Waals surface area contributed by atoms with Crippen LogP contribution in [0.15, 0.2) is 23.5 Å². The lowest BCUT2D eigenvalue weighted by molar-refractivity contribution is 0.342. The van der Waals surface area contributed by atoms with Gasteiger partial charge in [0.25, 0.3) is 0 Å². The van der Waals surface area contributed by atoms with Crippen LogP contribution in [0.4, 0.5) is 0 Å². The normalized spacial score (nSPS) is 14.7. The van der Waals surface area contributed by atoms with E-state index in [-0.39, 0.29) is 5.54 Å². The molecule has 0 heterocycles. The molecule has 0 aromatic heterocycles. The number of nitrogens with one attached hydrogen (secondary N) is 2. The highest BCUT2D eigenvalue weighted by atomic mass is 15.0. The van der Waals surface area contributed by atoms with E-state index < -0.39 is 0 Å². The summed E-state index contributed by atoms with van der Waals surface area (Å²) in [4.78, 5) is 0. The molecule has 1 atom stereocenters. The molecule has 0 aliphatic carbocycles. The summed E-state index contributed by atoms with van der Waals surface area (Å²) in [5, 5.41) is 7.17. The molecule has 0 aromatic rings. The summed E-state index contributed by atoms with van der Waals surface area (Å²) in [5.74, 6) is 0. The van der Waals surface area contributed by atoms with Crippen LogP contribution >= 0.6 is 0 Å². The third-order valence-electron chi connectivity index (χ3n) is 3.28. The molecule has 0 bridgehead atoms. The van der Waals surface area contributed by atoms with E-state index in [1.54, 1.807) is 0 Å². The van der Waals surface area contributed by atoms with Crippen LogP contribution in [0.25, 0.3) is 0 Å². The van der Waals surface area contributed by atoms with E-state index in [2.05, 4.69) is 58.8 Å². The molecule has 0 saturated carbocycles. The Morgan fingerprint density at radius 3 is 2.30 bits per heavy atom. The Morgan fingerprint density at radius 1 is 1.25 bits per heavy atom. The molecule has 0 radical (unpaired) electrons. The maximum atomic E-state index is 5.71. The highest BCUT2D eigenvalue weighted by molar-refractivity contribution is 5.10. The van der Waals surface area contributed by atoms with Crippen molar-refractivity contribution >= 4 is 0 Å². The molecule has 0 fully saturated rings. The molecule has 0 rings (SSSR count). The van der Waals surface area contributed by atoms with Crippen LogP contribution in [0, 0.1) is 0 Å². The van der Waals surface area contributed by atoms with Gasteiger partial charge in [-0.2, -0.15) is 0 Å². The van der Waals surface area contributed by atoms with E-state index in [1.807, 2.05) is 0 Å². The first-order valence-corrected chi connectivity index (χ1v) is 7.77. The number of nitrogens with two attached hydrogens (primary N) is 1. The average molecular weight is 281 g/mol. The molecule has 0 saturated heterocycles. The Kier molecular flexibility index (Phi) is 8.63. The predicted molar refractivity (Wildman–Crippen MR) is 90.5 cm³/mol. The summed E-state index contributed by atoms with van der Waals surface area (Å²) in [7, 11) is 0. The van der Waals surface area contributed by atoms with Crippen LogP contribution in [0.2, 0.25) is 0 Å². The number of rotatable bonds is 9. The first-order valence-electron chi connectivity index (χ1n) is 7.77. The maximum absolute atomic E-state index is 5.71. The van der Waals surface area contributed by atoms with Gasteiger partial charge in [-0.3, -0.25) is 0 Å². The van der Waals surface area contributed by atoms with Crippen LogP contribution in [0.1, 0.15) is 67.2 Å². The van der Waals surface area contributed by atoms with Gasteiger partial charge in [-0.15, -0.1) is 0 Å². The zero-order valence-electron chi connectivity index (χ0n) is 14.4. The van der Waals surface area contributed by atoms with Crippen molar-refractivity contribution in [3.8, 4) is 0 Å². The van der Waals surface area contributed by atoms with Crippen molar-refractivity contribution in [2.24, 2.45) is 5.73 Å². The van der Waals surface area contributed by atoms with Gasteiger partial charge < -0.3 is 16.4 Å². The number of hydrogen-bond donors (Lipinski definition) is 3. The lowest BCUT2D eigenvalue weighted by Crippen LogP contribution is -2.44. The fraction of sp³-hybridized carbons (Fsp3) is 0.765. The zero-order valence-corrected chi connectivity index (χ0v) is 14.4. The molecule has 0 amide bonds. The summed E-state index contributed by atoms with van der Waals surface area (Å²) >= 11 is 0. The van der Waals surface area contributed by atoms with E-state index in [0.29, 0.717) is 6.04 Å². The molecule has 0 aliphatic rings. The Morgan fingerprint density at radius 2 is 1.85 bits per heavy atom. The Balaban J connectivity index is 4.64. The second kappa shape index (κ2) is 9.06. The van der Waals surface area contributed by atoms with Gasteiger partial charge in [0.05, 0.1) is 0 Å². The van der Waals surface area contributed by atoms with Crippen LogP contribution < -0.4 is 16.4 Å². The summed E-state index contributed by atoms with van der Waals surface area (Å²) in [5.41, 5.74) is 9.33. The molecular formula is C17H35N3. The second-order valence-electron chi connectivity index (χ2n) is 6.82. The largest absolute Gasteiger partial charge is 0.403 e. The van der Waals surface area contributed by atoms with Crippen molar-refractivity contribution in [3.05, 3.63) is 23.5 Å². The molecular weight excluding hydrogens is 246 g/mol. The van der Waals surface area contributed by atoms with Crippen molar-refractivity contribution < 1.29 is 0 Å². The van der Waals surface area contributed by atoms with E-state index in [1.165, 1.54) is 11.3 Å². The second-order valence-corrected chi connectivity index (χ2v) is 6.82. The molecule has 20 heavy (non-hydrogen) atoms. The monoisotopic (exact) mass is 281 g/mol. The summed E-state index contributed by atoms with van der Waals surface area (Å²) < 4.78 is 0. The highest BCUT2D eigenvalue weighted by Gasteiger charge is 2.18. The fourth-order valence-electron chi connectivity index (χ4n) is 2.18. The minimum Gasteiger partial charge on any atom is -0.403 e. The maximum Gasteiger partial charge on any atom is 0.0141 e. The predicted octanol–water partition coefficient (Wildman–Crippen LogP) is 3.68. The average Bonchev–Trinajstić information content (AvgIpc) is 2.30. The summed E-state index contributed by atoms with van der Waals surface area (Å²) in [6.07, 6.45) is 4.11. The third kappa shape index (κ3) is 9.90. The van der Waals surface area contributed by atoms with Gasteiger partial charge >= 0.3 is 0 Å². The van der Waals surface area contributed by atoms with Crippen LogP contribution in [-0.2, 0) is 0 Å². The van der Waals surface area contributed by atoms with Gasteiger partial charge in [0.2, 0.25) is 0 Å². The minimum absolute atomic E-state index is 0.117. The van der Waals surface area contributed by atoms with Crippen LogP contribution in [0.3, 0.4) is 0 Å². The lowest BCUT2D eigenvalue weighted by atomic mass is 9.97. The molecule has 0 spiro atoms. The smallest absolute Gasteiger partial charge is 0.0141 e. The van der Waals surface area contributed by atoms with Crippen molar-refractivity contribution in [1.29, 1.82) is 0 Å². The van der Waals surface area contributed by atoms with Crippen LogP contribution in [-0.4, -0.2) is 18.1 Å². The topological polar surface area (TPSA) is 50.1 Å². The van der Waals surface area contributed by atoms with Gasteiger partial charge in [-0.1, -0.05) is 19.1 Å². The highest BCUT2D eigenvalue weighted by Crippen LogP contribution is 2.16. The van der Waals surface area contributed by atoms with Gasteiger partial charge in [0.15, 0.2) is 0 Å². The number of allylic oxidation sites excluding steroid dienone is 2. The van der Waals surface area contributed by atoms with E-state index in [0.717, 1.165) is 37.9 Å². The summed E-state index contributed by atoms with van der Waals surface area (Å²) in [6, 6.07) is 0.439. The molecule has 0 aliphatic heterocycles. The van der Waals surface area contributed by atoms with E-state index >= 15 is 0 Å². The van der Waals surface area contributed by atoms with E-state index in [9.17, 15) is 0 Å². The van der Waals surface area contributed by atoms with Gasteiger partial charge in [-0.05, 0) is 60.3 Å². The van der Waals surface area contributed by atoms with Crippen molar-refractivity contribution in [2.75, 3.05) is 6.54 Å². The molecule has 3 nitrogen and oxygen atoms in total. The fourth-order valence-corrected chi connectivity index (χ4v) is 2.18. The SMILES string of the molecule is C=C(N)CCC(C/C(C)=C(\C)NCCC)NC(C)(C)C. The Hall–Kier alpha value is -0.960. The van der Waals surface area contributed by atoms with Crippen molar-refractivity contribution in [2.45, 2.75) is 78.8 Å². The van der Waals surface area contributed by atoms with Crippen molar-refractivity contribution in [3.63, 3.8) is 0 Å². The molecule has 118 valence electrons. The van der Waals surface area contributed by atoms with Gasteiger partial charge in [-0.25, -0.2) is 0 Å². The summed E-state index contributed by atoms with van der Waals surface area (Å²) in [6.45, 7) is 18.0. The van der Waals surface area contributed by atoms with E-state index in [4.69, 9.17) is 5.73 Å². The third-order valence-corrected chi connectivity index (χ3v) is 3.28. The Bertz CT molecular complexity index is 324. The lowest BCUT2D eigenvalue weighted by Gasteiger charge is -2.29. The molecule has 3 heteroatoms. The molecule has 4 N–H and O–H groups in total. The quantitative estimate of drug-likeness (QED) is 0.604. The van der Waals surface area contributed by atoms with Gasteiger partial charge in [0.1, 0.15) is 0 Å². The Labute approximate surface area is 126 Å². The first kappa shape index (κ1) is 19.0. The molecule has 1 unspecified atom stereocenters. The van der Waals surface area contributed by atoms with Gasteiger partial charge in [0, 0.05) is 29.5 Å². The molecule has 0 aromatic carbocycles. The number of hydrogen-bond acceptors (Lipinski definition) is 3. The van der Waals surface area contributed by atoms with Crippen LogP contribution in [0.5, 0.6) is 0 Å². The zero-order chi connectivity index (χ0) is 15.8. The standard InChI is InChI=1S/C17H35N3/c1-8-11-19-15(4)13(2)12-16(10-9-14(3)18)20-17(5,6)7/h16,19-20H,3,8-12,18H2,1-2,4-7H3/b15-13+. The first-order chi connectivity index (χ1) is 9.15. The minimum atomic E-state index is 0.117. The van der Waals surface area contributed by atoms with Crippen molar-refractivity contribution in [1.82, 2.24) is 10.6 Å².